The number of nitrogens with zero attached hydrogens (tertiary/aromatic N) is 2. The highest BCUT2D eigenvalue weighted by Crippen LogP contribution is 2.29. The molecule has 1 atom stereocenters. The molecular weight excluding hydrogens is 605 g/mol. The molecule has 2 amide bonds. The average Bonchev–Trinajstić information content (AvgIpc) is 3.02. The van der Waals surface area contributed by atoms with Crippen LogP contribution in [-0.4, -0.2) is 44.3 Å². The molecule has 4 rings (SSSR count). The number of benzene rings is 4. The third-order valence-electron chi connectivity index (χ3n) is 6.86. The Morgan fingerprint density at radius 1 is 0.791 bits per heavy atom. The van der Waals surface area contributed by atoms with Crippen LogP contribution >= 0.6 is 23.2 Å². The first-order valence-corrected chi connectivity index (χ1v) is 16.1. The van der Waals surface area contributed by atoms with Crippen LogP contribution in [0.25, 0.3) is 0 Å². The van der Waals surface area contributed by atoms with Crippen molar-refractivity contribution >= 4 is 50.7 Å². The van der Waals surface area contributed by atoms with Crippen molar-refractivity contribution in [2.45, 2.75) is 37.2 Å². The second-order valence-electron chi connectivity index (χ2n) is 9.88. The van der Waals surface area contributed by atoms with E-state index in [1.54, 1.807) is 66.7 Å². The summed E-state index contributed by atoms with van der Waals surface area (Å²) in [4.78, 5) is 29.5. The number of carbonyl (C=O) groups excluding carboxylic acids is 2. The van der Waals surface area contributed by atoms with Gasteiger partial charge in [-0.25, -0.2) is 8.42 Å². The number of amides is 2. The van der Waals surface area contributed by atoms with Gasteiger partial charge in [-0.2, -0.15) is 0 Å². The van der Waals surface area contributed by atoms with Crippen LogP contribution in [0.4, 0.5) is 5.69 Å². The Kier molecular flexibility index (Phi) is 11.2. The molecular formula is C33H33Cl2N3O4S. The Bertz CT molecular complexity index is 1600. The zero-order valence-electron chi connectivity index (χ0n) is 23.7. The largest absolute Gasteiger partial charge is 0.354 e. The summed E-state index contributed by atoms with van der Waals surface area (Å²) in [6.45, 7) is 1.68. The number of hydrogen-bond acceptors (Lipinski definition) is 4. The standard InChI is InChI=1S/C33H33Cl2N3O4S/c1-2-21-36-33(40)31(22-25-13-6-3-7-14-25)37(23-28-29(34)19-12-20-30(28)35)32(39)24-38(26-15-8-4-9-16-26)43(41,42)27-17-10-5-11-18-27/h3-20,31H,2,21-24H2,1H3,(H,36,40)/t31-/m0/s1. The molecule has 0 heterocycles. The topological polar surface area (TPSA) is 86.8 Å². The predicted molar refractivity (Wildman–Crippen MR) is 172 cm³/mol. The fourth-order valence-electron chi connectivity index (χ4n) is 4.62. The quantitative estimate of drug-likeness (QED) is 0.185. The molecule has 0 radical (unpaired) electrons. The van der Waals surface area contributed by atoms with Gasteiger partial charge in [-0.15, -0.1) is 0 Å². The second-order valence-corrected chi connectivity index (χ2v) is 12.6. The van der Waals surface area contributed by atoms with Gasteiger partial charge in [0.1, 0.15) is 12.6 Å². The molecule has 0 bridgehead atoms. The molecule has 43 heavy (non-hydrogen) atoms. The van der Waals surface area contributed by atoms with Crippen molar-refractivity contribution < 1.29 is 18.0 Å². The second kappa shape index (κ2) is 15.0. The van der Waals surface area contributed by atoms with Crippen LogP contribution in [-0.2, 0) is 32.6 Å². The van der Waals surface area contributed by atoms with E-state index in [-0.39, 0.29) is 23.8 Å². The molecule has 0 unspecified atom stereocenters. The molecule has 4 aromatic rings. The lowest BCUT2D eigenvalue weighted by molar-refractivity contribution is -0.140. The molecule has 10 heteroatoms. The van der Waals surface area contributed by atoms with E-state index in [1.165, 1.54) is 17.0 Å². The summed E-state index contributed by atoms with van der Waals surface area (Å²) >= 11 is 13.1. The predicted octanol–water partition coefficient (Wildman–Crippen LogP) is 6.36. The molecule has 0 aromatic heterocycles. The average molecular weight is 639 g/mol. The Morgan fingerprint density at radius 2 is 1.35 bits per heavy atom. The van der Waals surface area contributed by atoms with E-state index in [4.69, 9.17) is 23.2 Å². The molecule has 4 aromatic carbocycles. The first-order valence-electron chi connectivity index (χ1n) is 13.9. The van der Waals surface area contributed by atoms with Crippen molar-refractivity contribution in [2.75, 3.05) is 17.4 Å². The first kappa shape index (κ1) is 32.1. The summed E-state index contributed by atoms with van der Waals surface area (Å²) in [6, 6.07) is 29.7. The van der Waals surface area contributed by atoms with Crippen molar-refractivity contribution in [3.8, 4) is 0 Å². The van der Waals surface area contributed by atoms with Gasteiger partial charge < -0.3 is 10.2 Å². The van der Waals surface area contributed by atoms with E-state index in [0.717, 1.165) is 9.87 Å². The summed E-state index contributed by atoms with van der Waals surface area (Å²) in [5.41, 5.74) is 1.60. The number of rotatable bonds is 13. The van der Waals surface area contributed by atoms with Crippen molar-refractivity contribution in [1.29, 1.82) is 0 Å². The molecule has 0 spiro atoms. The van der Waals surface area contributed by atoms with Crippen molar-refractivity contribution in [3.05, 3.63) is 130 Å². The number of halogens is 2. The van der Waals surface area contributed by atoms with Gasteiger partial charge in [-0.05, 0) is 48.4 Å². The minimum absolute atomic E-state index is 0.0360. The van der Waals surface area contributed by atoms with Gasteiger partial charge in [0, 0.05) is 35.1 Å². The summed E-state index contributed by atoms with van der Waals surface area (Å²) in [5, 5.41) is 3.57. The highest BCUT2D eigenvalue weighted by Gasteiger charge is 2.35. The summed E-state index contributed by atoms with van der Waals surface area (Å²) in [7, 11) is -4.16. The van der Waals surface area contributed by atoms with Crippen LogP contribution in [0, 0.1) is 0 Å². The maximum atomic E-state index is 14.4. The fourth-order valence-corrected chi connectivity index (χ4v) is 6.57. The molecule has 0 aliphatic carbocycles. The monoisotopic (exact) mass is 637 g/mol. The van der Waals surface area contributed by atoms with Crippen molar-refractivity contribution in [2.24, 2.45) is 0 Å². The van der Waals surface area contributed by atoms with Crippen molar-refractivity contribution in [3.63, 3.8) is 0 Å². The maximum Gasteiger partial charge on any atom is 0.264 e. The molecule has 0 saturated carbocycles. The summed E-state index contributed by atoms with van der Waals surface area (Å²) in [5.74, 6) is -0.952. The minimum atomic E-state index is -4.16. The third-order valence-corrected chi connectivity index (χ3v) is 9.36. The lowest BCUT2D eigenvalue weighted by atomic mass is 10.0. The lowest BCUT2D eigenvalue weighted by Crippen LogP contribution is -2.53. The first-order chi connectivity index (χ1) is 20.7. The van der Waals surface area contributed by atoms with Gasteiger partial charge in [-0.3, -0.25) is 13.9 Å². The Hall–Kier alpha value is -3.85. The van der Waals surface area contributed by atoms with E-state index in [1.807, 2.05) is 37.3 Å². The zero-order valence-corrected chi connectivity index (χ0v) is 26.0. The van der Waals surface area contributed by atoms with E-state index in [0.29, 0.717) is 34.3 Å². The molecule has 0 aliphatic rings. The smallest absolute Gasteiger partial charge is 0.264 e. The van der Waals surface area contributed by atoms with E-state index >= 15 is 0 Å². The lowest BCUT2D eigenvalue weighted by Gasteiger charge is -2.34. The SMILES string of the molecule is CCCNC(=O)[C@H](Cc1ccccc1)N(Cc1c(Cl)cccc1Cl)C(=O)CN(c1ccccc1)S(=O)(=O)c1ccccc1. The highest BCUT2D eigenvalue weighted by atomic mass is 35.5. The Labute approximate surface area is 263 Å². The number of sulfonamides is 1. The van der Waals surface area contributed by atoms with Crippen LogP contribution in [0.15, 0.2) is 114 Å². The van der Waals surface area contributed by atoms with Gasteiger partial charge in [0.05, 0.1) is 10.6 Å². The van der Waals surface area contributed by atoms with E-state index < -0.39 is 28.5 Å². The van der Waals surface area contributed by atoms with Crippen molar-refractivity contribution in [1.82, 2.24) is 10.2 Å². The molecule has 224 valence electrons. The van der Waals surface area contributed by atoms with Crippen LogP contribution < -0.4 is 9.62 Å². The van der Waals surface area contributed by atoms with E-state index in [9.17, 15) is 18.0 Å². The Balaban J connectivity index is 1.81. The molecule has 0 aliphatic heterocycles. The van der Waals surface area contributed by atoms with Crippen LogP contribution in [0.1, 0.15) is 24.5 Å². The number of hydrogen-bond donors (Lipinski definition) is 1. The fraction of sp³-hybridized carbons (Fsp3) is 0.212. The van der Waals surface area contributed by atoms with Crippen LogP contribution in [0.2, 0.25) is 10.0 Å². The number of carbonyl (C=O) groups is 2. The number of anilines is 1. The number of nitrogens with one attached hydrogen (secondary N) is 1. The molecule has 0 saturated heterocycles. The van der Waals surface area contributed by atoms with Gasteiger partial charge in [0.25, 0.3) is 10.0 Å². The van der Waals surface area contributed by atoms with E-state index in [2.05, 4.69) is 5.32 Å². The van der Waals surface area contributed by atoms with Crippen LogP contribution in [0.5, 0.6) is 0 Å². The maximum absolute atomic E-state index is 14.4. The summed E-state index contributed by atoms with van der Waals surface area (Å²) in [6.07, 6.45) is 0.895. The molecule has 7 nitrogen and oxygen atoms in total. The van der Waals surface area contributed by atoms with Gasteiger partial charge in [-0.1, -0.05) is 103 Å². The molecule has 1 N–H and O–H groups in total. The summed E-state index contributed by atoms with van der Waals surface area (Å²) < 4.78 is 28.9. The van der Waals surface area contributed by atoms with Crippen LogP contribution in [0.3, 0.4) is 0 Å². The molecule has 0 fully saturated rings. The minimum Gasteiger partial charge on any atom is -0.354 e. The zero-order chi connectivity index (χ0) is 30.8. The third kappa shape index (κ3) is 8.16. The Morgan fingerprint density at radius 3 is 1.93 bits per heavy atom. The van der Waals surface area contributed by atoms with Gasteiger partial charge >= 0.3 is 0 Å². The van der Waals surface area contributed by atoms with Gasteiger partial charge in [0.15, 0.2) is 0 Å². The highest BCUT2D eigenvalue weighted by molar-refractivity contribution is 7.92. The van der Waals surface area contributed by atoms with Gasteiger partial charge in [0.2, 0.25) is 11.8 Å². The normalized spacial score (nSPS) is 11.9. The number of para-hydroxylation sites is 1.